The lowest BCUT2D eigenvalue weighted by Gasteiger charge is -2.36. The molecule has 2 aliphatic rings. The van der Waals surface area contributed by atoms with E-state index in [1.807, 2.05) is 0 Å². The van der Waals surface area contributed by atoms with E-state index in [0.717, 1.165) is 51.7 Å². The highest BCUT2D eigenvalue weighted by Gasteiger charge is 2.40. The van der Waals surface area contributed by atoms with Gasteiger partial charge in [0, 0.05) is 31.2 Å². The molecule has 0 atom stereocenters. The molecule has 1 aliphatic carbocycles. The molecular weight excluding hydrogens is 266 g/mol. The standard InChI is InChI=1S/C17H25NO3/c19-10-2-4-14-3-1-5-16(13-14)18-15-6-8-17(9-7-15)20-11-12-21-17/h1,3,5,13,15,18-19H,2,4,6-12H2. The van der Waals surface area contributed by atoms with Gasteiger partial charge in [0.25, 0.3) is 0 Å². The Bertz CT molecular complexity index is 447. The van der Waals surface area contributed by atoms with E-state index in [0.29, 0.717) is 6.04 Å². The Morgan fingerprint density at radius 3 is 2.67 bits per heavy atom. The van der Waals surface area contributed by atoms with Crippen molar-refractivity contribution in [3.05, 3.63) is 29.8 Å². The number of hydrogen-bond donors (Lipinski definition) is 2. The minimum absolute atomic E-state index is 0.252. The van der Waals surface area contributed by atoms with Gasteiger partial charge in [0.15, 0.2) is 5.79 Å². The van der Waals surface area contributed by atoms with Crippen molar-refractivity contribution in [1.29, 1.82) is 0 Å². The average Bonchev–Trinajstić information content (AvgIpc) is 2.97. The van der Waals surface area contributed by atoms with E-state index in [2.05, 4.69) is 29.6 Å². The molecule has 2 fully saturated rings. The van der Waals surface area contributed by atoms with Gasteiger partial charge in [-0.15, -0.1) is 0 Å². The minimum atomic E-state index is -0.277. The van der Waals surface area contributed by atoms with Crippen LogP contribution in [-0.2, 0) is 15.9 Å². The van der Waals surface area contributed by atoms with Crippen LogP contribution in [0, 0.1) is 0 Å². The van der Waals surface area contributed by atoms with Gasteiger partial charge in [-0.3, -0.25) is 0 Å². The van der Waals surface area contributed by atoms with Crippen molar-refractivity contribution >= 4 is 5.69 Å². The molecule has 1 aromatic carbocycles. The summed E-state index contributed by atoms with van der Waals surface area (Å²) in [6, 6.07) is 9.02. The molecule has 1 spiro atoms. The fourth-order valence-corrected chi connectivity index (χ4v) is 3.32. The highest BCUT2D eigenvalue weighted by Crippen LogP contribution is 2.36. The van der Waals surface area contributed by atoms with Crippen molar-refractivity contribution in [2.24, 2.45) is 0 Å². The molecule has 2 N–H and O–H groups in total. The molecule has 0 amide bonds. The van der Waals surface area contributed by atoms with E-state index in [1.165, 1.54) is 11.3 Å². The van der Waals surface area contributed by atoms with Crippen LogP contribution >= 0.6 is 0 Å². The highest BCUT2D eigenvalue weighted by molar-refractivity contribution is 5.46. The predicted molar refractivity (Wildman–Crippen MR) is 82.4 cm³/mol. The van der Waals surface area contributed by atoms with Crippen LogP contribution in [0.1, 0.15) is 37.7 Å². The van der Waals surface area contributed by atoms with E-state index in [1.54, 1.807) is 0 Å². The maximum absolute atomic E-state index is 8.92. The van der Waals surface area contributed by atoms with Crippen LogP contribution in [-0.4, -0.2) is 36.8 Å². The summed E-state index contributed by atoms with van der Waals surface area (Å²) in [7, 11) is 0. The fourth-order valence-electron chi connectivity index (χ4n) is 3.32. The molecule has 21 heavy (non-hydrogen) atoms. The zero-order valence-electron chi connectivity index (χ0n) is 12.5. The molecule has 1 aromatic rings. The first-order valence-corrected chi connectivity index (χ1v) is 8.04. The number of anilines is 1. The molecule has 0 radical (unpaired) electrons. The van der Waals surface area contributed by atoms with Gasteiger partial charge < -0.3 is 19.9 Å². The molecule has 1 aliphatic heterocycles. The van der Waals surface area contributed by atoms with Crippen LogP contribution < -0.4 is 5.32 Å². The van der Waals surface area contributed by atoms with Crippen LogP contribution in [0.3, 0.4) is 0 Å². The number of nitrogens with one attached hydrogen (secondary N) is 1. The van der Waals surface area contributed by atoms with E-state index in [9.17, 15) is 0 Å². The largest absolute Gasteiger partial charge is 0.396 e. The van der Waals surface area contributed by atoms with Crippen molar-refractivity contribution in [2.45, 2.75) is 50.4 Å². The Morgan fingerprint density at radius 2 is 1.95 bits per heavy atom. The molecule has 4 nitrogen and oxygen atoms in total. The van der Waals surface area contributed by atoms with Gasteiger partial charge in [0.1, 0.15) is 0 Å². The van der Waals surface area contributed by atoms with E-state index in [4.69, 9.17) is 14.6 Å². The number of hydrogen-bond acceptors (Lipinski definition) is 4. The summed E-state index contributed by atoms with van der Waals surface area (Å²) < 4.78 is 11.5. The molecule has 3 rings (SSSR count). The Balaban J connectivity index is 1.53. The second-order valence-electron chi connectivity index (χ2n) is 6.05. The number of benzene rings is 1. The summed E-state index contributed by atoms with van der Waals surface area (Å²) in [6.45, 7) is 1.73. The summed E-state index contributed by atoms with van der Waals surface area (Å²) in [5, 5.41) is 12.5. The molecule has 116 valence electrons. The Kier molecular flexibility index (Phi) is 4.78. The maximum atomic E-state index is 8.92. The SMILES string of the molecule is OCCCc1cccc(NC2CCC3(CC2)OCCO3)c1. The van der Waals surface area contributed by atoms with Crippen molar-refractivity contribution in [2.75, 3.05) is 25.1 Å². The third kappa shape index (κ3) is 3.76. The number of rotatable bonds is 5. The van der Waals surface area contributed by atoms with E-state index < -0.39 is 0 Å². The minimum Gasteiger partial charge on any atom is -0.396 e. The average molecular weight is 291 g/mol. The Hall–Kier alpha value is -1.10. The molecule has 1 saturated carbocycles. The summed E-state index contributed by atoms with van der Waals surface area (Å²) >= 11 is 0. The molecule has 1 saturated heterocycles. The third-order valence-corrected chi connectivity index (χ3v) is 4.48. The third-order valence-electron chi connectivity index (χ3n) is 4.48. The first kappa shape index (κ1) is 14.8. The lowest BCUT2D eigenvalue weighted by Crippen LogP contribution is -2.39. The van der Waals surface area contributed by atoms with Gasteiger partial charge in [-0.05, 0) is 43.4 Å². The molecule has 0 bridgehead atoms. The number of ether oxygens (including phenoxy) is 2. The second kappa shape index (κ2) is 6.77. The zero-order chi connectivity index (χ0) is 14.5. The number of aryl methyl sites for hydroxylation is 1. The van der Waals surface area contributed by atoms with Gasteiger partial charge in [0.2, 0.25) is 0 Å². The monoisotopic (exact) mass is 291 g/mol. The quantitative estimate of drug-likeness (QED) is 0.876. The number of aliphatic hydroxyl groups is 1. The van der Waals surface area contributed by atoms with Gasteiger partial charge in [-0.2, -0.15) is 0 Å². The second-order valence-corrected chi connectivity index (χ2v) is 6.05. The summed E-state index contributed by atoms with van der Waals surface area (Å²) in [4.78, 5) is 0. The van der Waals surface area contributed by atoms with Crippen LogP contribution in [0.2, 0.25) is 0 Å². The number of aliphatic hydroxyl groups excluding tert-OH is 1. The lowest BCUT2D eigenvalue weighted by atomic mass is 9.90. The zero-order valence-corrected chi connectivity index (χ0v) is 12.5. The van der Waals surface area contributed by atoms with Crippen molar-refractivity contribution in [3.8, 4) is 0 Å². The molecule has 1 heterocycles. The van der Waals surface area contributed by atoms with Gasteiger partial charge in [0.05, 0.1) is 13.2 Å². The predicted octanol–water partition coefficient (Wildman–Crippen LogP) is 2.71. The van der Waals surface area contributed by atoms with E-state index in [-0.39, 0.29) is 12.4 Å². The molecular formula is C17H25NO3. The molecule has 0 aromatic heterocycles. The van der Waals surface area contributed by atoms with Crippen molar-refractivity contribution < 1.29 is 14.6 Å². The van der Waals surface area contributed by atoms with Crippen LogP contribution in [0.5, 0.6) is 0 Å². The Labute approximate surface area is 126 Å². The highest BCUT2D eigenvalue weighted by atomic mass is 16.7. The van der Waals surface area contributed by atoms with Crippen molar-refractivity contribution in [1.82, 2.24) is 0 Å². The van der Waals surface area contributed by atoms with Gasteiger partial charge >= 0.3 is 0 Å². The summed E-state index contributed by atoms with van der Waals surface area (Å²) in [6.07, 6.45) is 5.89. The summed E-state index contributed by atoms with van der Waals surface area (Å²) in [5.74, 6) is -0.277. The smallest absolute Gasteiger partial charge is 0.168 e. The lowest BCUT2D eigenvalue weighted by molar-refractivity contribution is -0.177. The van der Waals surface area contributed by atoms with Crippen molar-refractivity contribution in [3.63, 3.8) is 0 Å². The topological polar surface area (TPSA) is 50.7 Å². The first-order valence-electron chi connectivity index (χ1n) is 8.04. The Morgan fingerprint density at radius 1 is 1.19 bits per heavy atom. The molecule has 0 unspecified atom stereocenters. The fraction of sp³-hybridized carbons (Fsp3) is 0.647. The van der Waals surface area contributed by atoms with Gasteiger partial charge in [-0.1, -0.05) is 12.1 Å². The molecule has 4 heteroatoms. The van der Waals surface area contributed by atoms with Crippen LogP contribution in [0.15, 0.2) is 24.3 Å². The summed E-state index contributed by atoms with van der Waals surface area (Å²) in [5.41, 5.74) is 2.46. The van der Waals surface area contributed by atoms with E-state index >= 15 is 0 Å². The normalized spacial score (nSPS) is 21.8. The van der Waals surface area contributed by atoms with Crippen LogP contribution in [0.4, 0.5) is 5.69 Å². The van der Waals surface area contributed by atoms with Crippen LogP contribution in [0.25, 0.3) is 0 Å². The van der Waals surface area contributed by atoms with Gasteiger partial charge in [-0.25, -0.2) is 0 Å². The first-order chi connectivity index (χ1) is 10.3. The maximum Gasteiger partial charge on any atom is 0.168 e.